The van der Waals surface area contributed by atoms with Gasteiger partial charge in [0, 0.05) is 18.1 Å². The minimum absolute atomic E-state index is 0.114. The van der Waals surface area contributed by atoms with Crippen LogP contribution in [0.3, 0.4) is 0 Å². The van der Waals surface area contributed by atoms with Crippen LogP contribution in [0, 0.1) is 6.92 Å². The lowest BCUT2D eigenvalue weighted by molar-refractivity contribution is 0.0980. The third-order valence-corrected chi connectivity index (χ3v) is 4.81. The highest BCUT2D eigenvalue weighted by Crippen LogP contribution is 2.23. The first-order valence-corrected chi connectivity index (χ1v) is 9.40. The Morgan fingerprint density at radius 2 is 1.93 bits per heavy atom. The van der Waals surface area contributed by atoms with Gasteiger partial charge in [0.15, 0.2) is 5.78 Å². The average molecular weight is 380 g/mol. The number of amides is 1. The van der Waals surface area contributed by atoms with E-state index in [-0.39, 0.29) is 17.5 Å². The van der Waals surface area contributed by atoms with E-state index < -0.39 is 5.91 Å². The summed E-state index contributed by atoms with van der Waals surface area (Å²) in [6, 6.07) is 11.0. The minimum Gasteiger partial charge on any atom is -0.338 e. The maximum Gasteiger partial charge on any atom is 0.276 e. The van der Waals surface area contributed by atoms with E-state index in [2.05, 4.69) is 15.6 Å². The first-order valence-electron chi connectivity index (χ1n) is 9.40. The molecule has 1 amide bonds. The van der Waals surface area contributed by atoms with Crippen LogP contribution in [0.2, 0.25) is 0 Å². The molecule has 1 aromatic carbocycles. The maximum atomic E-state index is 13.0. The Hall–Kier alpha value is -3.22. The standard InChI is InChI=1S/C21H24N4O3/c1-5-16-13(3)21(28-24-16)22-20(27)18-12-17(19(26)6-2)23-25(18)14(4)15-10-8-7-9-11-15/h7-12,14H,5-6H2,1-4H3,(H,22,27)/t14-/m0/s1. The van der Waals surface area contributed by atoms with Crippen molar-refractivity contribution in [3.63, 3.8) is 0 Å². The zero-order valence-electron chi connectivity index (χ0n) is 16.5. The summed E-state index contributed by atoms with van der Waals surface area (Å²) < 4.78 is 6.84. The fourth-order valence-corrected chi connectivity index (χ4v) is 3.03. The lowest BCUT2D eigenvalue weighted by Gasteiger charge is -2.15. The number of carbonyl (C=O) groups excluding carboxylic acids is 2. The summed E-state index contributed by atoms with van der Waals surface area (Å²) in [5.74, 6) is -0.199. The molecule has 2 heterocycles. The molecule has 1 N–H and O–H groups in total. The summed E-state index contributed by atoms with van der Waals surface area (Å²) in [6.07, 6.45) is 1.03. The van der Waals surface area contributed by atoms with Crippen molar-refractivity contribution in [2.45, 2.75) is 46.6 Å². The van der Waals surface area contributed by atoms with Crippen LogP contribution in [-0.4, -0.2) is 26.6 Å². The van der Waals surface area contributed by atoms with E-state index in [1.807, 2.05) is 51.1 Å². The number of carbonyl (C=O) groups is 2. The topological polar surface area (TPSA) is 90.0 Å². The van der Waals surface area contributed by atoms with Crippen molar-refractivity contribution in [2.24, 2.45) is 0 Å². The van der Waals surface area contributed by atoms with Gasteiger partial charge in [-0.05, 0) is 25.8 Å². The zero-order chi connectivity index (χ0) is 20.3. The Kier molecular flexibility index (Phi) is 5.73. The third-order valence-electron chi connectivity index (χ3n) is 4.81. The molecule has 0 fully saturated rings. The first kappa shape index (κ1) is 19.5. The SMILES string of the molecule is CCC(=O)c1cc(C(=O)Nc2onc(CC)c2C)n([C@@H](C)c2ccccc2)n1. The first-order chi connectivity index (χ1) is 13.5. The maximum absolute atomic E-state index is 13.0. The van der Waals surface area contributed by atoms with Gasteiger partial charge < -0.3 is 4.52 Å². The molecule has 3 aromatic rings. The lowest BCUT2D eigenvalue weighted by Crippen LogP contribution is -2.20. The molecule has 0 radical (unpaired) electrons. The monoisotopic (exact) mass is 380 g/mol. The van der Waals surface area contributed by atoms with Gasteiger partial charge >= 0.3 is 0 Å². The largest absolute Gasteiger partial charge is 0.338 e. The third kappa shape index (κ3) is 3.74. The van der Waals surface area contributed by atoms with E-state index in [0.29, 0.717) is 24.4 Å². The van der Waals surface area contributed by atoms with Crippen LogP contribution in [0.4, 0.5) is 5.88 Å². The summed E-state index contributed by atoms with van der Waals surface area (Å²) in [4.78, 5) is 25.2. The summed E-state index contributed by atoms with van der Waals surface area (Å²) in [6.45, 7) is 7.52. The highest BCUT2D eigenvalue weighted by molar-refractivity contribution is 6.04. The molecule has 0 saturated heterocycles. The molecule has 146 valence electrons. The van der Waals surface area contributed by atoms with Crippen molar-refractivity contribution >= 4 is 17.6 Å². The summed E-state index contributed by atoms with van der Waals surface area (Å²) in [5.41, 5.74) is 3.14. The second-order valence-electron chi connectivity index (χ2n) is 6.61. The number of Topliss-reactive ketones (excluding diaryl/α,β-unsaturated/α-hetero) is 1. The highest BCUT2D eigenvalue weighted by Gasteiger charge is 2.24. The molecule has 0 aliphatic heterocycles. The molecule has 7 heteroatoms. The van der Waals surface area contributed by atoms with E-state index in [4.69, 9.17) is 4.52 Å². The van der Waals surface area contributed by atoms with Crippen molar-refractivity contribution in [2.75, 3.05) is 5.32 Å². The number of aromatic nitrogens is 3. The molecule has 2 aromatic heterocycles. The Bertz CT molecular complexity index is 989. The number of aryl methyl sites for hydroxylation is 1. The van der Waals surface area contributed by atoms with Crippen molar-refractivity contribution < 1.29 is 14.1 Å². The normalized spacial score (nSPS) is 12.0. The van der Waals surface area contributed by atoms with Crippen molar-refractivity contribution in [3.8, 4) is 0 Å². The van der Waals surface area contributed by atoms with Gasteiger partial charge in [-0.1, -0.05) is 49.3 Å². The molecule has 3 rings (SSSR count). The second-order valence-corrected chi connectivity index (χ2v) is 6.61. The van der Waals surface area contributed by atoms with E-state index in [9.17, 15) is 9.59 Å². The molecule has 0 unspecified atom stereocenters. The van der Waals surface area contributed by atoms with Gasteiger partial charge in [0.1, 0.15) is 11.4 Å². The number of ketones is 1. The zero-order valence-corrected chi connectivity index (χ0v) is 16.5. The summed E-state index contributed by atoms with van der Waals surface area (Å²) >= 11 is 0. The van der Waals surface area contributed by atoms with Gasteiger partial charge in [-0.15, -0.1) is 0 Å². The van der Waals surface area contributed by atoms with Crippen LogP contribution in [0.15, 0.2) is 40.9 Å². The van der Waals surface area contributed by atoms with Crippen molar-refractivity contribution in [1.82, 2.24) is 14.9 Å². The van der Waals surface area contributed by atoms with Gasteiger partial charge in [0.25, 0.3) is 5.91 Å². The number of anilines is 1. The van der Waals surface area contributed by atoms with Gasteiger partial charge in [-0.2, -0.15) is 5.10 Å². The summed E-state index contributed by atoms with van der Waals surface area (Å²) in [5, 5.41) is 11.1. The van der Waals surface area contributed by atoms with Crippen LogP contribution >= 0.6 is 0 Å². The predicted molar refractivity (Wildman–Crippen MR) is 106 cm³/mol. The molecular formula is C21H24N4O3. The Balaban J connectivity index is 1.98. The fraction of sp³-hybridized carbons (Fsp3) is 0.333. The van der Waals surface area contributed by atoms with Crippen LogP contribution in [0.1, 0.15) is 71.0 Å². The molecule has 7 nitrogen and oxygen atoms in total. The van der Waals surface area contributed by atoms with Crippen LogP contribution in [-0.2, 0) is 6.42 Å². The van der Waals surface area contributed by atoms with Gasteiger partial charge in [0.05, 0.1) is 11.7 Å². The highest BCUT2D eigenvalue weighted by atomic mass is 16.5. The quantitative estimate of drug-likeness (QED) is 0.621. The van der Waals surface area contributed by atoms with E-state index in [0.717, 1.165) is 16.8 Å². The number of benzene rings is 1. The lowest BCUT2D eigenvalue weighted by atomic mass is 10.1. The van der Waals surface area contributed by atoms with E-state index >= 15 is 0 Å². The van der Waals surface area contributed by atoms with Gasteiger partial charge in [0.2, 0.25) is 5.88 Å². The second kappa shape index (κ2) is 8.21. The number of nitrogens with one attached hydrogen (secondary N) is 1. The molecule has 0 aliphatic carbocycles. The Morgan fingerprint density at radius 1 is 1.21 bits per heavy atom. The smallest absolute Gasteiger partial charge is 0.276 e. The van der Waals surface area contributed by atoms with E-state index in [1.165, 1.54) is 6.07 Å². The van der Waals surface area contributed by atoms with Gasteiger partial charge in [-0.3, -0.25) is 19.6 Å². The molecule has 0 bridgehead atoms. The van der Waals surface area contributed by atoms with Crippen molar-refractivity contribution in [1.29, 1.82) is 0 Å². The molecule has 1 atom stereocenters. The summed E-state index contributed by atoms with van der Waals surface area (Å²) in [7, 11) is 0. The molecule has 0 aliphatic rings. The van der Waals surface area contributed by atoms with Crippen LogP contribution in [0.25, 0.3) is 0 Å². The van der Waals surface area contributed by atoms with Crippen molar-refractivity contribution in [3.05, 3.63) is 64.6 Å². The molecule has 0 saturated carbocycles. The minimum atomic E-state index is -0.396. The number of nitrogens with zero attached hydrogens (tertiary/aromatic N) is 3. The Morgan fingerprint density at radius 3 is 2.54 bits per heavy atom. The molecule has 28 heavy (non-hydrogen) atoms. The number of hydrogen-bond acceptors (Lipinski definition) is 5. The molecular weight excluding hydrogens is 356 g/mol. The fourth-order valence-electron chi connectivity index (χ4n) is 3.03. The Labute approximate surface area is 163 Å². The molecule has 0 spiro atoms. The van der Waals surface area contributed by atoms with Crippen LogP contribution < -0.4 is 5.32 Å². The van der Waals surface area contributed by atoms with Gasteiger partial charge in [-0.25, -0.2) is 0 Å². The number of hydrogen-bond donors (Lipinski definition) is 1. The van der Waals surface area contributed by atoms with Crippen LogP contribution in [0.5, 0.6) is 0 Å². The van der Waals surface area contributed by atoms with E-state index in [1.54, 1.807) is 11.6 Å². The number of rotatable bonds is 7. The average Bonchev–Trinajstić information content (AvgIpc) is 3.32. The predicted octanol–water partition coefficient (Wildman–Crippen LogP) is 4.20.